The average Bonchev–Trinajstić information content (AvgIpc) is 2.25. The van der Waals surface area contributed by atoms with Gasteiger partial charge in [-0.05, 0) is 17.7 Å². The van der Waals surface area contributed by atoms with E-state index in [2.05, 4.69) is 4.74 Å². The molecule has 0 spiro atoms. The number of carbonyl (C=O) groups excluding carboxylic acids is 1. The first-order valence-electron chi connectivity index (χ1n) is 4.43. The van der Waals surface area contributed by atoms with E-state index in [1.165, 1.54) is 12.1 Å². The molecule has 3 nitrogen and oxygen atoms in total. The Kier molecular flexibility index (Phi) is 3.68. The molecule has 17 heavy (non-hydrogen) atoms. The fourth-order valence-corrected chi connectivity index (χ4v) is 1.48. The van der Waals surface area contributed by atoms with Crippen molar-refractivity contribution in [2.75, 3.05) is 7.11 Å². The topological polar surface area (TPSA) is 52.3 Å². The molecule has 1 aromatic rings. The van der Waals surface area contributed by atoms with Gasteiger partial charge in [-0.3, -0.25) is 0 Å². The summed E-state index contributed by atoms with van der Waals surface area (Å²) < 4.78 is 42.8. The molecule has 1 unspecified atom stereocenters. The summed E-state index contributed by atoms with van der Waals surface area (Å²) in [6.45, 7) is 0. The van der Waals surface area contributed by atoms with Crippen molar-refractivity contribution >= 4 is 17.6 Å². The molecule has 94 valence electrons. The highest BCUT2D eigenvalue weighted by Crippen LogP contribution is 2.38. The molecule has 0 aliphatic carbocycles. The number of nitrogens with two attached hydrogens (primary N) is 1. The molecule has 1 rings (SSSR count). The van der Waals surface area contributed by atoms with E-state index in [9.17, 15) is 18.0 Å². The lowest BCUT2D eigenvalue weighted by Crippen LogP contribution is -2.57. The second kappa shape index (κ2) is 4.54. The minimum Gasteiger partial charge on any atom is -0.467 e. The van der Waals surface area contributed by atoms with E-state index >= 15 is 0 Å². The van der Waals surface area contributed by atoms with Gasteiger partial charge in [0.05, 0.1) is 7.11 Å². The number of hydrogen-bond acceptors (Lipinski definition) is 3. The molecule has 1 aromatic carbocycles. The third-order valence-corrected chi connectivity index (χ3v) is 2.47. The molecule has 0 amide bonds. The molecular weight excluding hydrogens is 259 g/mol. The van der Waals surface area contributed by atoms with Crippen LogP contribution in [0, 0.1) is 0 Å². The molecule has 0 aliphatic rings. The summed E-state index contributed by atoms with van der Waals surface area (Å²) in [6.07, 6.45) is -4.98. The van der Waals surface area contributed by atoms with Gasteiger partial charge in [0, 0.05) is 5.02 Å². The monoisotopic (exact) mass is 267 g/mol. The van der Waals surface area contributed by atoms with Gasteiger partial charge in [-0.2, -0.15) is 13.2 Å². The van der Waals surface area contributed by atoms with Crippen LogP contribution in [0.3, 0.4) is 0 Å². The lowest BCUT2D eigenvalue weighted by Gasteiger charge is -2.29. The fourth-order valence-electron chi connectivity index (χ4n) is 1.29. The first kappa shape index (κ1) is 13.8. The van der Waals surface area contributed by atoms with E-state index in [-0.39, 0.29) is 5.02 Å². The predicted octanol–water partition coefficient (Wildman–Crippen LogP) is 2.23. The zero-order chi connectivity index (χ0) is 13.3. The average molecular weight is 268 g/mol. The van der Waals surface area contributed by atoms with Gasteiger partial charge in [0.2, 0.25) is 5.54 Å². The predicted molar refractivity (Wildman–Crippen MR) is 55.4 cm³/mol. The van der Waals surface area contributed by atoms with Crippen LogP contribution in [0.15, 0.2) is 24.3 Å². The summed E-state index contributed by atoms with van der Waals surface area (Å²) in [4.78, 5) is 11.3. The maximum Gasteiger partial charge on any atom is 0.421 e. The maximum atomic E-state index is 12.9. The molecule has 7 heteroatoms. The Bertz CT molecular complexity index is 436. The van der Waals surface area contributed by atoms with Crippen molar-refractivity contribution < 1.29 is 22.7 Å². The molecule has 0 bridgehead atoms. The lowest BCUT2D eigenvalue weighted by molar-refractivity contribution is -0.206. The summed E-state index contributed by atoms with van der Waals surface area (Å²) in [6, 6.07) is 4.69. The van der Waals surface area contributed by atoms with Gasteiger partial charge < -0.3 is 10.5 Å². The van der Waals surface area contributed by atoms with Gasteiger partial charge in [0.25, 0.3) is 0 Å². The second-order valence-electron chi connectivity index (χ2n) is 3.31. The summed E-state index contributed by atoms with van der Waals surface area (Å²) in [5.41, 5.74) is 1.48. The summed E-state index contributed by atoms with van der Waals surface area (Å²) in [7, 11) is 0.834. The van der Waals surface area contributed by atoms with Crippen LogP contribution in [-0.2, 0) is 15.1 Å². The fraction of sp³-hybridized carbons (Fsp3) is 0.300. The van der Waals surface area contributed by atoms with E-state index < -0.39 is 23.2 Å². The first-order chi connectivity index (χ1) is 7.73. The summed E-state index contributed by atoms with van der Waals surface area (Å²) in [5.74, 6) is -1.59. The number of ether oxygens (including phenoxy) is 1. The van der Waals surface area contributed by atoms with Crippen LogP contribution in [0.25, 0.3) is 0 Å². The van der Waals surface area contributed by atoms with Gasteiger partial charge in [-0.25, -0.2) is 4.79 Å². The van der Waals surface area contributed by atoms with Crippen molar-refractivity contribution in [3.63, 3.8) is 0 Å². The van der Waals surface area contributed by atoms with Gasteiger partial charge in [-0.15, -0.1) is 0 Å². The third kappa shape index (κ3) is 2.37. The van der Waals surface area contributed by atoms with E-state index in [0.717, 1.165) is 19.2 Å². The summed E-state index contributed by atoms with van der Waals surface area (Å²) >= 11 is 5.57. The van der Waals surface area contributed by atoms with Crippen LogP contribution in [0.2, 0.25) is 5.02 Å². The highest BCUT2D eigenvalue weighted by Gasteiger charge is 2.60. The quantitative estimate of drug-likeness (QED) is 0.836. The van der Waals surface area contributed by atoms with Crippen molar-refractivity contribution in [1.82, 2.24) is 0 Å². The van der Waals surface area contributed by atoms with E-state index in [0.29, 0.717) is 0 Å². The SMILES string of the molecule is COC(=O)C(N)(c1cccc(Cl)c1)C(F)(F)F. The Morgan fingerprint density at radius 1 is 1.41 bits per heavy atom. The zero-order valence-corrected chi connectivity index (χ0v) is 9.47. The number of esters is 1. The highest BCUT2D eigenvalue weighted by atomic mass is 35.5. The Balaban J connectivity index is 3.40. The van der Waals surface area contributed by atoms with Crippen molar-refractivity contribution in [3.8, 4) is 0 Å². The van der Waals surface area contributed by atoms with E-state index in [4.69, 9.17) is 17.3 Å². The Morgan fingerprint density at radius 2 is 2.00 bits per heavy atom. The molecule has 0 aliphatic heterocycles. The van der Waals surface area contributed by atoms with Crippen LogP contribution >= 0.6 is 11.6 Å². The number of alkyl halides is 3. The van der Waals surface area contributed by atoms with E-state index in [1.807, 2.05) is 0 Å². The molecule has 0 heterocycles. The van der Waals surface area contributed by atoms with Crippen molar-refractivity contribution in [3.05, 3.63) is 34.9 Å². The molecule has 0 radical (unpaired) electrons. The summed E-state index contributed by atoms with van der Waals surface area (Å²) in [5, 5.41) is 0.0467. The van der Waals surface area contributed by atoms with Crippen LogP contribution in [0.4, 0.5) is 13.2 Å². The first-order valence-corrected chi connectivity index (χ1v) is 4.81. The molecule has 0 fully saturated rings. The standard InChI is InChI=1S/C10H9ClF3NO2/c1-17-8(16)9(15,10(12,13)14)6-3-2-4-7(11)5-6/h2-5H,15H2,1H3. The third-order valence-electron chi connectivity index (χ3n) is 2.23. The number of halogens is 4. The van der Waals surface area contributed by atoms with Crippen LogP contribution in [-0.4, -0.2) is 19.3 Å². The normalized spacial score (nSPS) is 15.2. The molecule has 0 aromatic heterocycles. The molecular formula is C10H9ClF3NO2. The molecule has 1 atom stereocenters. The maximum absolute atomic E-state index is 12.9. The second-order valence-corrected chi connectivity index (χ2v) is 3.74. The van der Waals surface area contributed by atoms with Crippen LogP contribution in [0.1, 0.15) is 5.56 Å². The number of carbonyl (C=O) groups is 1. The zero-order valence-electron chi connectivity index (χ0n) is 8.72. The van der Waals surface area contributed by atoms with Crippen molar-refractivity contribution in [2.24, 2.45) is 5.73 Å². The lowest BCUT2D eigenvalue weighted by atomic mass is 9.90. The van der Waals surface area contributed by atoms with Crippen molar-refractivity contribution in [1.29, 1.82) is 0 Å². The van der Waals surface area contributed by atoms with Gasteiger partial charge in [0.15, 0.2) is 0 Å². The number of methoxy groups -OCH3 is 1. The Hall–Kier alpha value is -1.27. The van der Waals surface area contributed by atoms with Crippen molar-refractivity contribution in [2.45, 2.75) is 11.7 Å². The highest BCUT2D eigenvalue weighted by molar-refractivity contribution is 6.30. The Morgan fingerprint density at radius 3 is 2.41 bits per heavy atom. The Labute approximate surface area is 100 Å². The number of rotatable bonds is 2. The minimum absolute atomic E-state index is 0.0467. The van der Waals surface area contributed by atoms with E-state index in [1.54, 1.807) is 0 Å². The van der Waals surface area contributed by atoms with Gasteiger partial charge >= 0.3 is 12.1 Å². The molecule has 2 N–H and O–H groups in total. The largest absolute Gasteiger partial charge is 0.467 e. The minimum atomic E-state index is -4.98. The molecule has 0 saturated carbocycles. The number of hydrogen-bond donors (Lipinski definition) is 1. The molecule has 0 saturated heterocycles. The number of benzene rings is 1. The van der Waals surface area contributed by atoms with Gasteiger partial charge in [-0.1, -0.05) is 23.7 Å². The van der Waals surface area contributed by atoms with Gasteiger partial charge in [0.1, 0.15) is 0 Å². The van der Waals surface area contributed by atoms with Crippen LogP contribution in [0.5, 0.6) is 0 Å². The van der Waals surface area contributed by atoms with Crippen LogP contribution < -0.4 is 5.73 Å². The smallest absolute Gasteiger partial charge is 0.421 e.